The number of primary amides is 1. The second-order valence-corrected chi connectivity index (χ2v) is 13.7. The number of hydrogen-bond donors (Lipinski definition) is 5. The SMILES string of the molecule is NC(=O)C(Cc1ccc2ccccc2c1)NC(=O)Nc1ccc(N2CCCN(C(=O)C3CCNCC3)CC2)c(NC(=O)CCCc2ccccc2)c1. The highest BCUT2D eigenvalue weighted by Gasteiger charge is 2.28. The van der Waals surface area contributed by atoms with Crippen molar-refractivity contribution >= 4 is 51.6 Å². The predicted molar refractivity (Wildman–Crippen MR) is 206 cm³/mol. The number of rotatable bonds is 12. The van der Waals surface area contributed by atoms with Gasteiger partial charge in [0.1, 0.15) is 6.04 Å². The smallest absolute Gasteiger partial charge is 0.319 e. The number of carbonyl (C=O) groups is 4. The Bertz CT molecular complexity index is 1860. The molecule has 4 aromatic carbocycles. The highest BCUT2D eigenvalue weighted by Crippen LogP contribution is 2.31. The van der Waals surface area contributed by atoms with Crippen LogP contribution < -0.4 is 31.9 Å². The van der Waals surface area contributed by atoms with Crippen molar-refractivity contribution in [3.63, 3.8) is 0 Å². The molecule has 4 aromatic rings. The molecule has 5 amide bonds. The molecule has 2 saturated heterocycles. The van der Waals surface area contributed by atoms with Gasteiger partial charge in [0.15, 0.2) is 0 Å². The number of piperidine rings is 1. The van der Waals surface area contributed by atoms with Gasteiger partial charge in [-0.25, -0.2) is 4.79 Å². The molecule has 2 aliphatic heterocycles. The molecule has 1 unspecified atom stereocenters. The van der Waals surface area contributed by atoms with Gasteiger partial charge >= 0.3 is 6.03 Å². The number of urea groups is 1. The van der Waals surface area contributed by atoms with Crippen LogP contribution in [-0.4, -0.2) is 74.0 Å². The monoisotopic (exact) mass is 703 g/mol. The van der Waals surface area contributed by atoms with Gasteiger partial charge in [-0.05, 0) is 85.3 Å². The summed E-state index contributed by atoms with van der Waals surface area (Å²) >= 11 is 0. The van der Waals surface area contributed by atoms with Crippen molar-refractivity contribution < 1.29 is 19.2 Å². The number of carbonyl (C=O) groups excluding carboxylic acids is 4. The van der Waals surface area contributed by atoms with E-state index in [1.54, 1.807) is 12.1 Å². The summed E-state index contributed by atoms with van der Waals surface area (Å²) in [5.41, 5.74) is 9.62. The van der Waals surface area contributed by atoms with E-state index in [-0.39, 0.29) is 24.2 Å². The Labute approximate surface area is 305 Å². The first-order valence-corrected chi connectivity index (χ1v) is 18.4. The molecular formula is C41H49N7O4. The van der Waals surface area contributed by atoms with Crippen LogP contribution >= 0.6 is 0 Å². The average molecular weight is 704 g/mol. The largest absolute Gasteiger partial charge is 0.368 e. The summed E-state index contributed by atoms with van der Waals surface area (Å²) < 4.78 is 0. The Kier molecular flexibility index (Phi) is 12.4. The molecule has 0 saturated carbocycles. The molecule has 0 spiro atoms. The molecule has 2 heterocycles. The number of amides is 5. The Hall–Kier alpha value is -5.42. The lowest BCUT2D eigenvalue weighted by Crippen LogP contribution is -2.47. The molecule has 2 aliphatic rings. The average Bonchev–Trinajstić information content (AvgIpc) is 3.41. The van der Waals surface area contributed by atoms with Gasteiger partial charge in [-0.1, -0.05) is 72.8 Å². The summed E-state index contributed by atoms with van der Waals surface area (Å²) in [7, 11) is 0. The number of nitrogens with one attached hydrogen (secondary N) is 4. The molecular weight excluding hydrogens is 654 g/mol. The van der Waals surface area contributed by atoms with E-state index in [2.05, 4.69) is 38.3 Å². The van der Waals surface area contributed by atoms with Crippen molar-refractivity contribution in [1.82, 2.24) is 15.5 Å². The first kappa shape index (κ1) is 36.4. The minimum atomic E-state index is -0.933. The minimum Gasteiger partial charge on any atom is -0.368 e. The van der Waals surface area contributed by atoms with Crippen molar-refractivity contribution in [2.24, 2.45) is 11.7 Å². The maximum atomic E-state index is 13.3. The minimum absolute atomic E-state index is 0.0665. The highest BCUT2D eigenvalue weighted by molar-refractivity contribution is 5.98. The van der Waals surface area contributed by atoms with Crippen LogP contribution in [0.5, 0.6) is 0 Å². The first-order valence-electron chi connectivity index (χ1n) is 18.4. The molecule has 0 aliphatic carbocycles. The fraction of sp³-hybridized carbons (Fsp3) is 0.366. The zero-order chi connectivity index (χ0) is 36.3. The third-order valence-corrected chi connectivity index (χ3v) is 9.98. The van der Waals surface area contributed by atoms with Gasteiger partial charge in [-0.2, -0.15) is 0 Å². The van der Waals surface area contributed by atoms with Crippen molar-refractivity contribution in [3.05, 3.63) is 102 Å². The second kappa shape index (κ2) is 17.7. The van der Waals surface area contributed by atoms with E-state index in [1.807, 2.05) is 71.6 Å². The summed E-state index contributed by atoms with van der Waals surface area (Å²) in [6.45, 7) is 4.38. The molecule has 0 radical (unpaired) electrons. The fourth-order valence-corrected chi connectivity index (χ4v) is 7.16. The Morgan fingerprint density at radius 3 is 2.35 bits per heavy atom. The summed E-state index contributed by atoms with van der Waals surface area (Å²) in [5, 5.41) is 14.1. The maximum absolute atomic E-state index is 13.3. The third kappa shape index (κ3) is 9.88. The predicted octanol–water partition coefficient (Wildman–Crippen LogP) is 5.06. The van der Waals surface area contributed by atoms with Crippen molar-refractivity contribution in [1.29, 1.82) is 0 Å². The Morgan fingerprint density at radius 2 is 1.56 bits per heavy atom. The number of nitrogens with zero attached hydrogens (tertiary/aromatic N) is 2. The number of fused-ring (bicyclic) bond motifs is 1. The normalized spacial score (nSPS) is 15.8. The first-order chi connectivity index (χ1) is 25.3. The summed E-state index contributed by atoms with van der Waals surface area (Å²) in [5.74, 6) is -0.469. The summed E-state index contributed by atoms with van der Waals surface area (Å²) in [4.78, 5) is 56.5. The van der Waals surface area contributed by atoms with Gasteiger partial charge in [0.25, 0.3) is 0 Å². The number of aryl methyl sites for hydroxylation is 1. The van der Waals surface area contributed by atoms with Gasteiger partial charge in [-0.15, -0.1) is 0 Å². The zero-order valence-electron chi connectivity index (χ0n) is 29.6. The van der Waals surface area contributed by atoms with Crippen molar-refractivity contribution in [2.75, 3.05) is 54.8 Å². The van der Waals surface area contributed by atoms with Gasteiger partial charge in [-0.3, -0.25) is 14.4 Å². The lowest BCUT2D eigenvalue weighted by Gasteiger charge is -2.29. The highest BCUT2D eigenvalue weighted by atomic mass is 16.2. The number of anilines is 3. The van der Waals surface area contributed by atoms with E-state index in [9.17, 15) is 19.2 Å². The van der Waals surface area contributed by atoms with E-state index in [0.29, 0.717) is 43.9 Å². The molecule has 0 bridgehead atoms. The quantitative estimate of drug-likeness (QED) is 0.139. The Morgan fingerprint density at radius 1 is 0.788 bits per heavy atom. The van der Waals surface area contributed by atoms with Crippen molar-refractivity contribution in [2.45, 2.75) is 51.0 Å². The molecule has 52 heavy (non-hydrogen) atoms. The van der Waals surface area contributed by atoms with E-state index < -0.39 is 18.0 Å². The van der Waals surface area contributed by atoms with E-state index in [0.717, 1.165) is 67.3 Å². The van der Waals surface area contributed by atoms with Crippen LogP contribution in [0.25, 0.3) is 10.8 Å². The number of nitrogens with two attached hydrogens (primary N) is 1. The molecule has 6 N–H and O–H groups in total. The molecule has 6 rings (SSSR count). The van der Waals surface area contributed by atoms with Crippen LogP contribution in [0.15, 0.2) is 91.0 Å². The third-order valence-electron chi connectivity index (χ3n) is 9.98. The van der Waals surface area contributed by atoms with Crippen LogP contribution in [0.2, 0.25) is 0 Å². The standard InChI is InChI=1S/C41H49N7O4/c42-39(50)36(27-30-14-15-31-11-4-5-12-33(31)26-30)46-41(52)44-34-16-17-37(35(28-34)45-38(49)13-6-10-29-8-2-1-3-9-29)47-22-7-23-48(25-24-47)40(51)32-18-20-43-21-19-32/h1-5,8-9,11-12,14-17,26,28,32,36,43H,6-7,10,13,18-25,27H2,(H2,42,50)(H,45,49)(H2,44,46,52). The van der Waals surface area contributed by atoms with E-state index >= 15 is 0 Å². The number of hydrogen-bond acceptors (Lipinski definition) is 6. The lowest BCUT2D eigenvalue weighted by atomic mass is 9.96. The molecule has 272 valence electrons. The fourth-order valence-electron chi connectivity index (χ4n) is 7.16. The van der Waals surface area contributed by atoms with Crippen LogP contribution in [-0.2, 0) is 27.2 Å². The zero-order valence-corrected chi connectivity index (χ0v) is 29.6. The molecule has 1 atom stereocenters. The Balaban J connectivity index is 1.14. The number of benzene rings is 4. The van der Waals surface area contributed by atoms with Crippen LogP contribution in [0.1, 0.15) is 43.2 Å². The van der Waals surface area contributed by atoms with Crippen LogP contribution in [0.4, 0.5) is 21.9 Å². The topological polar surface area (TPSA) is 149 Å². The van der Waals surface area contributed by atoms with Gasteiger partial charge < -0.3 is 36.8 Å². The lowest BCUT2D eigenvalue weighted by molar-refractivity contribution is -0.136. The van der Waals surface area contributed by atoms with E-state index in [1.165, 1.54) is 5.56 Å². The molecule has 2 fully saturated rings. The van der Waals surface area contributed by atoms with Crippen LogP contribution in [0.3, 0.4) is 0 Å². The van der Waals surface area contributed by atoms with E-state index in [4.69, 9.17) is 5.73 Å². The van der Waals surface area contributed by atoms with Gasteiger partial charge in [0.05, 0.1) is 11.4 Å². The molecule has 11 nitrogen and oxygen atoms in total. The second-order valence-electron chi connectivity index (χ2n) is 13.7. The molecule has 11 heteroatoms. The molecule has 0 aromatic heterocycles. The maximum Gasteiger partial charge on any atom is 0.319 e. The van der Waals surface area contributed by atoms with Crippen LogP contribution in [0, 0.1) is 5.92 Å². The van der Waals surface area contributed by atoms with Gasteiger partial charge in [0, 0.05) is 50.6 Å². The van der Waals surface area contributed by atoms with Gasteiger partial charge in [0.2, 0.25) is 17.7 Å². The summed E-state index contributed by atoms with van der Waals surface area (Å²) in [6, 6.07) is 27.8. The summed E-state index contributed by atoms with van der Waals surface area (Å²) in [6.07, 6.45) is 4.58. The van der Waals surface area contributed by atoms with Crippen molar-refractivity contribution in [3.8, 4) is 0 Å².